The molecule has 146 valence electrons. The number of rotatable bonds is 3. The molecule has 1 aliphatic carbocycles. The van der Waals surface area contributed by atoms with Gasteiger partial charge in [-0.25, -0.2) is 0 Å². The number of benzene rings is 1. The summed E-state index contributed by atoms with van der Waals surface area (Å²) < 4.78 is 0. The number of carbonyl (C=O) groups excluding carboxylic acids is 2. The van der Waals surface area contributed by atoms with E-state index in [4.69, 9.17) is 0 Å². The number of amides is 2. The zero-order valence-electron chi connectivity index (χ0n) is 15.6. The van der Waals surface area contributed by atoms with Crippen LogP contribution in [0.5, 0.6) is 0 Å². The third-order valence-corrected chi connectivity index (χ3v) is 7.29. The highest BCUT2D eigenvalue weighted by Gasteiger charge is 2.49. The van der Waals surface area contributed by atoms with Crippen molar-refractivity contribution in [1.29, 1.82) is 0 Å². The fourth-order valence-corrected chi connectivity index (χ4v) is 5.53. The standard InChI is InChI=1S/C20H23N5O2S/c26-17-12-24(9-7-21-17)19(27)15-10-14-6-8-25(11-16(14)15)20-23-22-18(28-20)13-4-2-1-3-5-13/h1-5,14-16H,6-12H2,(H,21,26)/t14-,15-,16-/m1/s1. The smallest absolute Gasteiger partial charge is 0.239 e. The Morgan fingerprint density at radius 1 is 1.18 bits per heavy atom. The average Bonchev–Trinajstić information content (AvgIpc) is 3.20. The number of hydrogen-bond acceptors (Lipinski definition) is 6. The second kappa shape index (κ2) is 7.16. The van der Waals surface area contributed by atoms with Crippen LogP contribution in [0.4, 0.5) is 5.13 Å². The summed E-state index contributed by atoms with van der Waals surface area (Å²) >= 11 is 1.61. The van der Waals surface area contributed by atoms with Crippen molar-refractivity contribution in [3.63, 3.8) is 0 Å². The number of piperidine rings is 1. The molecule has 2 saturated heterocycles. The van der Waals surface area contributed by atoms with Crippen LogP contribution < -0.4 is 10.2 Å². The molecule has 1 aromatic heterocycles. The second-order valence-corrected chi connectivity index (χ2v) is 8.82. The van der Waals surface area contributed by atoms with Gasteiger partial charge in [-0.1, -0.05) is 41.7 Å². The van der Waals surface area contributed by atoms with Gasteiger partial charge in [0.1, 0.15) is 5.01 Å². The molecule has 3 fully saturated rings. The number of hydrogen-bond donors (Lipinski definition) is 1. The lowest BCUT2D eigenvalue weighted by Crippen LogP contribution is -2.58. The lowest BCUT2D eigenvalue weighted by atomic mass is 9.61. The number of anilines is 1. The van der Waals surface area contributed by atoms with Crippen LogP contribution in [0.25, 0.3) is 10.6 Å². The molecular formula is C20H23N5O2S. The maximum Gasteiger partial charge on any atom is 0.239 e. The quantitative estimate of drug-likeness (QED) is 0.852. The van der Waals surface area contributed by atoms with Gasteiger partial charge in [0.05, 0.1) is 6.54 Å². The van der Waals surface area contributed by atoms with Crippen molar-refractivity contribution >= 4 is 28.3 Å². The Labute approximate surface area is 167 Å². The van der Waals surface area contributed by atoms with E-state index in [1.54, 1.807) is 16.2 Å². The molecule has 0 unspecified atom stereocenters. The van der Waals surface area contributed by atoms with E-state index in [1.165, 1.54) is 0 Å². The molecule has 28 heavy (non-hydrogen) atoms. The number of aromatic nitrogens is 2. The van der Waals surface area contributed by atoms with Gasteiger partial charge in [0.25, 0.3) is 0 Å². The second-order valence-electron chi connectivity index (χ2n) is 7.87. The first-order valence-electron chi connectivity index (χ1n) is 9.88. The lowest BCUT2D eigenvalue weighted by Gasteiger charge is -2.51. The van der Waals surface area contributed by atoms with Gasteiger partial charge in [-0.05, 0) is 24.7 Å². The zero-order chi connectivity index (χ0) is 19.1. The van der Waals surface area contributed by atoms with E-state index in [9.17, 15) is 9.59 Å². The summed E-state index contributed by atoms with van der Waals surface area (Å²) in [6, 6.07) is 10.1. The predicted octanol–water partition coefficient (Wildman–Crippen LogP) is 1.63. The molecule has 0 spiro atoms. The normalized spacial score (nSPS) is 27.0. The van der Waals surface area contributed by atoms with Gasteiger partial charge in [0.15, 0.2) is 0 Å². The van der Waals surface area contributed by atoms with Gasteiger partial charge in [-0.2, -0.15) is 0 Å². The minimum atomic E-state index is -0.0527. The van der Waals surface area contributed by atoms with Gasteiger partial charge in [0, 0.05) is 37.7 Å². The van der Waals surface area contributed by atoms with E-state index in [0.717, 1.165) is 41.6 Å². The van der Waals surface area contributed by atoms with Crippen LogP contribution in [-0.2, 0) is 9.59 Å². The third kappa shape index (κ3) is 3.15. The molecule has 8 heteroatoms. The molecular weight excluding hydrogens is 374 g/mol. The molecule has 0 bridgehead atoms. The first-order valence-corrected chi connectivity index (χ1v) is 10.7. The highest BCUT2D eigenvalue weighted by atomic mass is 32.1. The Hall–Kier alpha value is -2.48. The van der Waals surface area contributed by atoms with Crippen molar-refractivity contribution < 1.29 is 9.59 Å². The van der Waals surface area contributed by atoms with E-state index in [1.807, 2.05) is 30.3 Å². The van der Waals surface area contributed by atoms with E-state index in [2.05, 4.69) is 20.4 Å². The first kappa shape index (κ1) is 17.6. The summed E-state index contributed by atoms with van der Waals surface area (Å²) in [6.07, 6.45) is 2.05. The molecule has 3 aliphatic rings. The molecule has 3 heterocycles. The Balaban J connectivity index is 1.27. The lowest BCUT2D eigenvalue weighted by molar-refractivity contribution is -0.149. The van der Waals surface area contributed by atoms with Crippen molar-refractivity contribution in [2.24, 2.45) is 17.8 Å². The fraction of sp³-hybridized carbons (Fsp3) is 0.500. The summed E-state index contributed by atoms with van der Waals surface area (Å²) in [5.41, 5.74) is 1.08. The van der Waals surface area contributed by atoms with Crippen LogP contribution in [0, 0.1) is 17.8 Å². The fourth-order valence-electron chi connectivity index (χ4n) is 4.64. The van der Waals surface area contributed by atoms with Crippen molar-refractivity contribution in [2.75, 3.05) is 37.6 Å². The summed E-state index contributed by atoms with van der Waals surface area (Å²) in [5.74, 6) is 1.11. The topological polar surface area (TPSA) is 78.4 Å². The van der Waals surface area contributed by atoms with E-state index in [-0.39, 0.29) is 24.3 Å². The largest absolute Gasteiger partial charge is 0.353 e. The molecule has 3 atom stereocenters. The van der Waals surface area contributed by atoms with Gasteiger partial charge in [-0.15, -0.1) is 10.2 Å². The predicted molar refractivity (Wildman–Crippen MR) is 107 cm³/mol. The van der Waals surface area contributed by atoms with Gasteiger partial charge in [0.2, 0.25) is 16.9 Å². The van der Waals surface area contributed by atoms with Gasteiger partial charge < -0.3 is 15.1 Å². The molecule has 0 radical (unpaired) electrons. The Bertz CT molecular complexity index is 886. The molecule has 7 nitrogen and oxygen atoms in total. The van der Waals surface area contributed by atoms with Crippen molar-refractivity contribution in [2.45, 2.75) is 12.8 Å². The SMILES string of the molecule is O=C1CN(C(=O)[C@@H]2C[C@H]3CCN(c4nnc(-c5ccccc5)s4)C[C@H]32)CCN1. The highest BCUT2D eigenvalue weighted by Crippen LogP contribution is 2.47. The van der Waals surface area contributed by atoms with E-state index >= 15 is 0 Å². The van der Waals surface area contributed by atoms with Crippen LogP contribution in [0.2, 0.25) is 0 Å². The summed E-state index contributed by atoms with van der Waals surface area (Å²) in [6.45, 7) is 3.21. The zero-order valence-corrected chi connectivity index (χ0v) is 16.4. The Kier molecular flexibility index (Phi) is 4.50. The highest BCUT2D eigenvalue weighted by molar-refractivity contribution is 7.18. The maximum absolute atomic E-state index is 12.9. The van der Waals surface area contributed by atoms with Crippen LogP contribution in [0.1, 0.15) is 12.8 Å². The molecule has 1 aromatic carbocycles. The van der Waals surface area contributed by atoms with Gasteiger partial charge in [-0.3, -0.25) is 9.59 Å². The number of nitrogens with one attached hydrogen (secondary N) is 1. The number of carbonyl (C=O) groups is 2. The molecule has 2 aliphatic heterocycles. The number of piperazine rings is 1. The third-order valence-electron chi connectivity index (χ3n) is 6.25. The molecule has 2 aromatic rings. The van der Waals surface area contributed by atoms with Crippen molar-refractivity contribution in [1.82, 2.24) is 20.4 Å². The maximum atomic E-state index is 12.9. The number of fused-ring (bicyclic) bond motifs is 1. The van der Waals surface area contributed by atoms with E-state index in [0.29, 0.717) is 24.9 Å². The van der Waals surface area contributed by atoms with Crippen LogP contribution >= 0.6 is 11.3 Å². The van der Waals surface area contributed by atoms with Crippen LogP contribution in [0.3, 0.4) is 0 Å². The molecule has 5 rings (SSSR count). The van der Waals surface area contributed by atoms with Crippen molar-refractivity contribution in [3.05, 3.63) is 30.3 Å². The van der Waals surface area contributed by atoms with Crippen LogP contribution in [-0.4, -0.2) is 59.6 Å². The minimum absolute atomic E-state index is 0.0419. The number of nitrogens with zero attached hydrogens (tertiary/aromatic N) is 4. The molecule has 1 saturated carbocycles. The first-order chi connectivity index (χ1) is 13.7. The van der Waals surface area contributed by atoms with E-state index < -0.39 is 0 Å². The monoisotopic (exact) mass is 397 g/mol. The average molecular weight is 398 g/mol. The summed E-state index contributed by atoms with van der Waals surface area (Å²) in [5, 5.41) is 13.4. The molecule has 1 N–H and O–H groups in total. The van der Waals surface area contributed by atoms with Crippen LogP contribution in [0.15, 0.2) is 30.3 Å². The Morgan fingerprint density at radius 3 is 2.86 bits per heavy atom. The van der Waals surface area contributed by atoms with Crippen molar-refractivity contribution in [3.8, 4) is 10.6 Å². The summed E-state index contributed by atoms with van der Waals surface area (Å²) in [7, 11) is 0. The van der Waals surface area contributed by atoms with Gasteiger partial charge >= 0.3 is 0 Å². The Morgan fingerprint density at radius 2 is 2.04 bits per heavy atom. The summed E-state index contributed by atoms with van der Waals surface area (Å²) in [4.78, 5) is 28.6. The minimum Gasteiger partial charge on any atom is -0.353 e. The molecule has 2 amide bonds.